The third-order valence-electron chi connectivity index (χ3n) is 3.29. The number of rotatable bonds is 6. The van der Waals surface area contributed by atoms with Gasteiger partial charge in [-0.05, 0) is 30.7 Å². The van der Waals surface area contributed by atoms with Gasteiger partial charge in [-0.15, -0.1) is 0 Å². The van der Waals surface area contributed by atoms with E-state index in [1.807, 2.05) is 0 Å². The summed E-state index contributed by atoms with van der Waals surface area (Å²) in [5.74, 6) is -2.30. The number of hydrogen-bond donors (Lipinski definition) is 0. The molecule has 2 aromatic carbocycles. The maximum Gasteiger partial charge on any atom is 0.359 e. The standard InChI is InChI=1S/C19H17ClO5/c1-2-6-16(21)24-19(23)17(13-7-4-3-5-8-13)25-18(22)14-9-11-15(20)12-10-14/h3-5,7-12,17H,2,6H2,1H3. The summed E-state index contributed by atoms with van der Waals surface area (Å²) in [4.78, 5) is 36.2. The van der Waals surface area contributed by atoms with Crippen molar-refractivity contribution in [3.05, 3.63) is 70.7 Å². The smallest absolute Gasteiger partial charge is 0.359 e. The summed E-state index contributed by atoms with van der Waals surface area (Å²) in [5, 5.41) is 0.473. The Labute approximate surface area is 150 Å². The zero-order chi connectivity index (χ0) is 18.2. The average molecular weight is 361 g/mol. The summed E-state index contributed by atoms with van der Waals surface area (Å²) in [6, 6.07) is 14.4. The Hall–Kier alpha value is -2.66. The molecule has 0 saturated carbocycles. The Bertz CT molecular complexity index is 740. The largest absolute Gasteiger partial charge is 0.442 e. The lowest BCUT2D eigenvalue weighted by atomic mass is 10.1. The van der Waals surface area contributed by atoms with Crippen LogP contribution in [0.15, 0.2) is 54.6 Å². The van der Waals surface area contributed by atoms with E-state index in [0.29, 0.717) is 17.0 Å². The minimum Gasteiger partial charge on any atom is -0.442 e. The normalized spacial score (nSPS) is 11.4. The highest BCUT2D eigenvalue weighted by Gasteiger charge is 2.28. The number of carbonyl (C=O) groups excluding carboxylic acids is 3. The second-order valence-corrected chi connectivity index (χ2v) is 5.68. The van der Waals surface area contributed by atoms with Crippen molar-refractivity contribution in [2.24, 2.45) is 0 Å². The molecular weight excluding hydrogens is 344 g/mol. The van der Waals surface area contributed by atoms with Gasteiger partial charge in [-0.3, -0.25) is 4.79 Å². The van der Waals surface area contributed by atoms with Crippen molar-refractivity contribution in [2.75, 3.05) is 0 Å². The van der Waals surface area contributed by atoms with Crippen LogP contribution in [0.1, 0.15) is 41.8 Å². The Kier molecular flexibility index (Phi) is 6.71. The third-order valence-corrected chi connectivity index (χ3v) is 3.54. The van der Waals surface area contributed by atoms with Crippen LogP contribution in [0.3, 0.4) is 0 Å². The Morgan fingerprint density at radius 3 is 2.24 bits per heavy atom. The number of carbonyl (C=O) groups is 3. The van der Waals surface area contributed by atoms with Crippen LogP contribution >= 0.6 is 11.6 Å². The Balaban J connectivity index is 2.20. The zero-order valence-corrected chi connectivity index (χ0v) is 14.4. The molecule has 25 heavy (non-hydrogen) atoms. The van der Waals surface area contributed by atoms with E-state index in [1.54, 1.807) is 49.4 Å². The van der Waals surface area contributed by atoms with Crippen molar-refractivity contribution in [2.45, 2.75) is 25.9 Å². The van der Waals surface area contributed by atoms with Crippen LogP contribution in [-0.4, -0.2) is 17.9 Å². The van der Waals surface area contributed by atoms with Crippen molar-refractivity contribution in [1.29, 1.82) is 0 Å². The molecule has 0 N–H and O–H groups in total. The number of esters is 3. The van der Waals surface area contributed by atoms with Crippen molar-refractivity contribution in [1.82, 2.24) is 0 Å². The topological polar surface area (TPSA) is 69.7 Å². The molecule has 2 rings (SSSR count). The molecule has 0 aliphatic heterocycles. The van der Waals surface area contributed by atoms with Crippen LogP contribution in [0.4, 0.5) is 0 Å². The van der Waals surface area contributed by atoms with E-state index >= 15 is 0 Å². The lowest BCUT2D eigenvalue weighted by Crippen LogP contribution is -2.24. The van der Waals surface area contributed by atoms with E-state index < -0.39 is 24.0 Å². The van der Waals surface area contributed by atoms with Crippen molar-refractivity contribution in [3.8, 4) is 0 Å². The van der Waals surface area contributed by atoms with Crippen LogP contribution in [0.25, 0.3) is 0 Å². The highest BCUT2D eigenvalue weighted by atomic mass is 35.5. The number of halogens is 1. The van der Waals surface area contributed by atoms with Gasteiger partial charge in [-0.2, -0.15) is 0 Å². The van der Waals surface area contributed by atoms with E-state index in [-0.39, 0.29) is 12.0 Å². The van der Waals surface area contributed by atoms with E-state index in [1.165, 1.54) is 12.1 Å². The first-order valence-corrected chi connectivity index (χ1v) is 8.15. The van der Waals surface area contributed by atoms with Gasteiger partial charge in [0.25, 0.3) is 0 Å². The molecule has 1 atom stereocenters. The van der Waals surface area contributed by atoms with Gasteiger partial charge in [-0.25, -0.2) is 9.59 Å². The first-order valence-electron chi connectivity index (χ1n) is 7.77. The molecular formula is C19H17ClO5. The fourth-order valence-electron chi connectivity index (χ4n) is 2.06. The first-order chi connectivity index (χ1) is 12.0. The predicted octanol–water partition coefficient (Wildman–Crippen LogP) is 4.11. The fourth-order valence-corrected chi connectivity index (χ4v) is 2.19. The predicted molar refractivity (Wildman–Crippen MR) is 92.1 cm³/mol. The van der Waals surface area contributed by atoms with Crippen molar-refractivity contribution >= 4 is 29.5 Å². The molecule has 0 heterocycles. The van der Waals surface area contributed by atoms with Crippen LogP contribution in [0.2, 0.25) is 5.02 Å². The fraction of sp³-hybridized carbons (Fsp3) is 0.211. The molecule has 6 heteroatoms. The summed E-state index contributed by atoms with van der Waals surface area (Å²) < 4.78 is 10.1. The minimum atomic E-state index is -1.33. The van der Waals surface area contributed by atoms with Crippen LogP contribution in [0, 0.1) is 0 Å². The van der Waals surface area contributed by atoms with Crippen LogP contribution in [0.5, 0.6) is 0 Å². The molecule has 5 nitrogen and oxygen atoms in total. The first kappa shape index (κ1) is 18.7. The van der Waals surface area contributed by atoms with Crippen molar-refractivity contribution < 1.29 is 23.9 Å². The lowest BCUT2D eigenvalue weighted by molar-refractivity contribution is -0.166. The van der Waals surface area contributed by atoms with Gasteiger partial charge in [0.2, 0.25) is 6.10 Å². The van der Waals surface area contributed by atoms with E-state index in [9.17, 15) is 14.4 Å². The lowest BCUT2D eigenvalue weighted by Gasteiger charge is -2.16. The van der Waals surface area contributed by atoms with E-state index in [0.717, 1.165) is 0 Å². The van der Waals surface area contributed by atoms with Gasteiger partial charge >= 0.3 is 17.9 Å². The van der Waals surface area contributed by atoms with E-state index in [2.05, 4.69) is 0 Å². The minimum absolute atomic E-state index is 0.110. The van der Waals surface area contributed by atoms with Crippen LogP contribution < -0.4 is 0 Å². The molecule has 0 spiro atoms. The summed E-state index contributed by atoms with van der Waals surface area (Å²) in [6.07, 6.45) is -0.671. The summed E-state index contributed by atoms with van der Waals surface area (Å²) >= 11 is 5.79. The van der Waals surface area contributed by atoms with Gasteiger partial charge in [0.05, 0.1) is 5.56 Å². The summed E-state index contributed by atoms with van der Waals surface area (Å²) in [7, 11) is 0. The van der Waals surface area contributed by atoms with Crippen LogP contribution in [-0.2, 0) is 19.1 Å². The van der Waals surface area contributed by atoms with E-state index in [4.69, 9.17) is 21.1 Å². The maximum atomic E-state index is 12.3. The van der Waals surface area contributed by atoms with Gasteiger partial charge in [0, 0.05) is 17.0 Å². The average Bonchev–Trinajstić information content (AvgIpc) is 2.61. The highest BCUT2D eigenvalue weighted by molar-refractivity contribution is 6.30. The monoisotopic (exact) mass is 360 g/mol. The number of benzene rings is 2. The SMILES string of the molecule is CCCC(=O)OC(=O)C(OC(=O)c1ccc(Cl)cc1)c1ccccc1. The maximum absolute atomic E-state index is 12.3. The summed E-state index contributed by atoms with van der Waals surface area (Å²) in [5.41, 5.74) is 0.650. The molecule has 2 aromatic rings. The van der Waals surface area contributed by atoms with Gasteiger partial charge in [0.15, 0.2) is 0 Å². The molecule has 1 unspecified atom stereocenters. The molecule has 0 radical (unpaired) electrons. The molecule has 0 aliphatic carbocycles. The van der Waals surface area contributed by atoms with Gasteiger partial charge in [-0.1, -0.05) is 48.9 Å². The third kappa shape index (κ3) is 5.43. The summed E-state index contributed by atoms with van der Waals surface area (Å²) in [6.45, 7) is 1.79. The number of hydrogen-bond acceptors (Lipinski definition) is 5. The molecule has 0 aliphatic rings. The highest BCUT2D eigenvalue weighted by Crippen LogP contribution is 2.22. The molecule has 130 valence electrons. The molecule has 0 amide bonds. The number of ether oxygens (including phenoxy) is 2. The van der Waals surface area contributed by atoms with Gasteiger partial charge < -0.3 is 9.47 Å². The molecule has 0 saturated heterocycles. The second-order valence-electron chi connectivity index (χ2n) is 5.25. The molecule has 0 aromatic heterocycles. The Morgan fingerprint density at radius 2 is 1.64 bits per heavy atom. The molecule has 0 bridgehead atoms. The Morgan fingerprint density at radius 1 is 1.00 bits per heavy atom. The van der Waals surface area contributed by atoms with Crippen molar-refractivity contribution in [3.63, 3.8) is 0 Å². The van der Waals surface area contributed by atoms with Gasteiger partial charge in [0.1, 0.15) is 0 Å². The zero-order valence-electron chi connectivity index (χ0n) is 13.6. The molecule has 0 fully saturated rings. The second kappa shape index (κ2) is 8.99. The quantitative estimate of drug-likeness (QED) is 0.572.